The largest absolute Gasteiger partial charge is 0.496 e. The second-order valence-electron chi connectivity index (χ2n) is 4.64. The van der Waals surface area contributed by atoms with E-state index in [1.165, 1.54) is 11.1 Å². The molecule has 0 N–H and O–H groups in total. The molecule has 0 aromatic heterocycles. The molecule has 2 rings (SSSR count). The van der Waals surface area contributed by atoms with Crippen LogP contribution in [0.2, 0.25) is 0 Å². The van der Waals surface area contributed by atoms with Crippen LogP contribution in [-0.4, -0.2) is 21.3 Å². The van der Waals surface area contributed by atoms with Gasteiger partial charge in [-0.2, -0.15) is 0 Å². The van der Waals surface area contributed by atoms with E-state index in [1.54, 1.807) is 21.3 Å². The quantitative estimate of drug-likeness (QED) is 0.730. The highest BCUT2D eigenvalue weighted by Crippen LogP contribution is 2.35. The van der Waals surface area contributed by atoms with Crippen molar-refractivity contribution in [3.05, 3.63) is 53.1 Å². The van der Waals surface area contributed by atoms with Crippen LogP contribution >= 0.6 is 15.9 Å². The fourth-order valence-electron chi connectivity index (χ4n) is 2.20. The second kappa shape index (κ2) is 7.36. The van der Waals surface area contributed by atoms with Crippen LogP contribution in [0.15, 0.2) is 36.4 Å². The highest BCUT2D eigenvalue weighted by Gasteiger charge is 2.13. The van der Waals surface area contributed by atoms with Crippen LogP contribution in [-0.2, 0) is 11.8 Å². The Morgan fingerprint density at radius 2 is 1.33 bits per heavy atom. The molecular weight excluding hydrogens is 332 g/mol. The maximum absolute atomic E-state index is 5.48. The molecule has 3 nitrogen and oxygen atoms in total. The maximum Gasteiger partial charge on any atom is 0.129 e. The first-order valence-corrected chi connectivity index (χ1v) is 7.76. The van der Waals surface area contributed by atoms with E-state index in [-0.39, 0.29) is 0 Å². The lowest BCUT2D eigenvalue weighted by Gasteiger charge is -2.15. The van der Waals surface area contributed by atoms with Crippen molar-refractivity contribution in [3.8, 4) is 17.2 Å². The fourth-order valence-corrected chi connectivity index (χ4v) is 2.58. The summed E-state index contributed by atoms with van der Waals surface area (Å²) in [7, 11) is 4.95. The normalized spacial score (nSPS) is 10.3. The standard InChI is InChI=1S/C17H19BrO3/c1-19-14-9-16(20-2)15(17(10-14)21-3)8-12-4-6-13(11-18)7-5-12/h4-7,9-10H,8,11H2,1-3H3. The zero-order valence-electron chi connectivity index (χ0n) is 12.5. The smallest absolute Gasteiger partial charge is 0.129 e. The Kier molecular flexibility index (Phi) is 5.51. The Hall–Kier alpha value is -1.68. The summed E-state index contributed by atoms with van der Waals surface area (Å²) in [6, 6.07) is 12.2. The van der Waals surface area contributed by atoms with Gasteiger partial charge in [-0.1, -0.05) is 40.2 Å². The van der Waals surface area contributed by atoms with Crippen molar-refractivity contribution < 1.29 is 14.2 Å². The summed E-state index contributed by atoms with van der Waals surface area (Å²) in [5.74, 6) is 2.27. The summed E-state index contributed by atoms with van der Waals surface area (Å²) < 4.78 is 16.2. The molecule has 0 atom stereocenters. The SMILES string of the molecule is COc1cc(OC)c(Cc2ccc(CBr)cc2)c(OC)c1. The van der Waals surface area contributed by atoms with E-state index in [4.69, 9.17) is 14.2 Å². The van der Waals surface area contributed by atoms with E-state index in [1.807, 2.05) is 12.1 Å². The molecule has 0 spiro atoms. The minimum atomic E-state index is 0.724. The summed E-state index contributed by atoms with van der Waals surface area (Å²) in [4.78, 5) is 0. The van der Waals surface area contributed by atoms with Gasteiger partial charge in [0.05, 0.1) is 21.3 Å². The van der Waals surface area contributed by atoms with E-state index >= 15 is 0 Å². The van der Waals surface area contributed by atoms with Crippen LogP contribution in [0.1, 0.15) is 16.7 Å². The molecule has 4 heteroatoms. The fraction of sp³-hybridized carbons (Fsp3) is 0.294. The molecule has 2 aromatic carbocycles. The molecule has 2 aromatic rings. The lowest BCUT2D eigenvalue weighted by atomic mass is 10.0. The molecule has 0 aliphatic rings. The van der Waals surface area contributed by atoms with Crippen molar-refractivity contribution in [2.45, 2.75) is 11.8 Å². The molecule has 0 saturated carbocycles. The van der Waals surface area contributed by atoms with E-state index < -0.39 is 0 Å². The van der Waals surface area contributed by atoms with Gasteiger partial charge in [-0.05, 0) is 11.1 Å². The number of hydrogen-bond acceptors (Lipinski definition) is 3. The average Bonchev–Trinajstić information content (AvgIpc) is 2.55. The minimum Gasteiger partial charge on any atom is -0.496 e. The Morgan fingerprint density at radius 3 is 1.76 bits per heavy atom. The van der Waals surface area contributed by atoms with E-state index in [0.29, 0.717) is 0 Å². The highest BCUT2D eigenvalue weighted by atomic mass is 79.9. The van der Waals surface area contributed by atoms with Gasteiger partial charge < -0.3 is 14.2 Å². The number of hydrogen-bond donors (Lipinski definition) is 0. The van der Waals surface area contributed by atoms with E-state index in [0.717, 1.165) is 34.6 Å². The molecular formula is C17H19BrO3. The van der Waals surface area contributed by atoms with Crippen molar-refractivity contribution in [1.29, 1.82) is 0 Å². The van der Waals surface area contributed by atoms with Crippen molar-refractivity contribution in [3.63, 3.8) is 0 Å². The van der Waals surface area contributed by atoms with Gasteiger partial charge in [0, 0.05) is 29.4 Å². The van der Waals surface area contributed by atoms with Crippen molar-refractivity contribution >= 4 is 15.9 Å². The molecule has 0 aliphatic carbocycles. The minimum absolute atomic E-state index is 0.724. The average molecular weight is 351 g/mol. The van der Waals surface area contributed by atoms with Crippen LogP contribution in [0.5, 0.6) is 17.2 Å². The molecule has 0 aliphatic heterocycles. The highest BCUT2D eigenvalue weighted by molar-refractivity contribution is 9.08. The molecule has 112 valence electrons. The second-order valence-corrected chi connectivity index (χ2v) is 5.20. The first-order chi connectivity index (χ1) is 10.2. The molecule has 0 heterocycles. The number of benzene rings is 2. The summed E-state index contributed by atoms with van der Waals surface area (Å²) in [5, 5.41) is 0.864. The lowest BCUT2D eigenvalue weighted by molar-refractivity contribution is 0.370. The number of halogens is 1. The van der Waals surface area contributed by atoms with Gasteiger partial charge in [-0.3, -0.25) is 0 Å². The van der Waals surface area contributed by atoms with Gasteiger partial charge in [-0.25, -0.2) is 0 Å². The number of rotatable bonds is 6. The van der Waals surface area contributed by atoms with Gasteiger partial charge in [0.25, 0.3) is 0 Å². The van der Waals surface area contributed by atoms with Crippen LogP contribution in [0, 0.1) is 0 Å². The van der Waals surface area contributed by atoms with E-state index in [2.05, 4.69) is 40.2 Å². The van der Waals surface area contributed by atoms with Crippen molar-refractivity contribution in [2.24, 2.45) is 0 Å². The Bertz CT molecular complexity index is 568. The number of ether oxygens (including phenoxy) is 3. The lowest BCUT2D eigenvalue weighted by Crippen LogP contribution is -1.99. The molecule has 0 unspecified atom stereocenters. The Balaban J connectivity index is 2.36. The number of methoxy groups -OCH3 is 3. The van der Waals surface area contributed by atoms with Gasteiger partial charge >= 0.3 is 0 Å². The summed E-state index contributed by atoms with van der Waals surface area (Å²) in [5.41, 5.74) is 3.49. The molecule has 0 radical (unpaired) electrons. The third-order valence-corrected chi connectivity index (χ3v) is 4.02. The van der Waals surface area contributed by atoms with E-state index in [9.17, 15) is 0 Å². The molecule has 0 bridgehead atoms. The first kappa shape index (κ1) is 15.7. The summed E-state index contributed by atoms with van der Waals surface area (Å²) in [6.45, 7) is 0. The first-order valence-electron chi connectivity index (χ1n) is 6.64. The monoisotopic (exact) mass is 350 g/mol. The van der Waals surface area contributed by atoms with Gasteiger partial charge in [0.2, 0.25) is 0 Å². The van der Waals surface area contributed by atoms with Gasteiger partial charge in [0.15, 0.2) is 0 Å². The van der Waals surface area contributed by atoms with Gasteiger partial charge in [-0.15, -0.1) is 0 Å². The third kappa shape index (κ3) is 3.70. The number of alkyl halides is 1. The summed E-state index contributed by atoms with van der Waals surface area (Å²) >= 11 is 3.46. The zero-order valence-corrected chi connectivity index (χ0v) is 14.1. The summed E-state index contributed by atoms with van der Waals surface area (Å²) in [6.07, 6.45) is 0.749. The molecule has 0 fully saturated rings. The van der Waals surface area contributed by atoms with Crippen molar-refractivity contribution in [1.82, 2.24) is 0 Å². The van der Waals surface area contributed by atoms with Crippen molar-refractivity contribution in [2.75, 3.05) is 21.3 Å². The maximum atomic E-state index is 5.48. The Labute approximate surface area is 134 Å². The van der Waals surface area contributed by atoms with Crippen LogP contribution in [0.4, 0.5) is 0 Å². The van der Waals surface area contributed by atoms with Crippen LogP contribution in [0.3, 0.4) is 0 Å². The van der Waals surface area contributed by atoms with Crippen LogP contribution < -0.4 is 14.2 Å². The molecule has 21 heavy (non-hydrogen) atoms. The molecule has 0 saturated heterocycles. The van der Waals surface area contributed by atoms with Crippen LogP contribution in [0.25, 0.3) is 0 Å². The van der Waals surface area contributed by atoms with Gasteiger partial charge in [0.1, 0.15) is 17.2 Å². The predicted molar refractivity (Wildman–Crippen MR) is 88.0 cm³/mol. The zero-order chi connectivity index (χ0) is 15.2. The molecule has 0 amide bonds. The third-order valence-electron chi connectivity index (χ3n) is 3.38. The predicted octanol–water partition coefficient (Wildman–Crippen LogP) is 4.20. The Morgan fingerprint density at radius 1 is 0.810 bits per heavy atom. The topological polar surface area (TPSA) is 27.7 Å².